The predicted octanol–water partition coefficient (Wildman–Crippen LogP) is 0.723. The molecule has 0 aromatic carbocycles. The van der Waals surface area contributed by atoms with E-state index in [4.69, 9.17) is 4.74 Å². The quantitative estimate of drug-likeness (QED) is 0.750. The number of nitrogens with one attached hydrogen (secondary N) is 1. The largest absolute Gasteiger partial charge is 0.388 e. The molecule has 0 aromatic rings. The Morgan fingerprint density at radius 2 is 1.88 bits per heavy atom. The number of amides is 2. The van der Waals surface area contributed by atoms with Crippen LogP contribution in [0, 0.1) is 0 Å². The fourth-order valence-electron chi connectivity index (χ4n) is 2.51. The fourth-order valence-corrected chi connectivity index (χ4v) is 2.51. The Hall–Kier alpha value is -0.810. The molecule has 5 nitrogen and oxygen atoms in total. The lowest BCUT2D eigenvalue weighted by molar-refractivity contribution is 0.00420. The van der Waals surface area contributed by atoms with Crippen molar-refractivity contribution < 1.29 is 14.6 Å². The van der Waals surface area contributed by atoms with Gasteiger partial charge < -0.3 is 20.1 Å². The molecule has 2 aliphatic rings. The van der Waals surface area contributed by atoms with Crippen LogP contribution in [0.3, 0.4) is 0 Å². The first-order valence-electron chi connectivity index (χ1n) is 6.53. The topological polar surface area (TPSA) is 61.8 Å². The van der Waals surface area contributed by atoms with Crippen LogP contribution >= 0.6 is 0 Å². The summed E-state index contributed by atoms with van der Waals surface area (Å²) in [7, 11) is 0. The van der Waals surface area contributed by atoms with Gasteiger partial charge in [0.05, 0.1) is 18.8 Å². The van der Waals surface area contributed by atoms with E-state index in [2.05, 4.69) is 5.32 Å². The van der Waals surface area contributed by atoms with Crippen LogP contribution in [0.1, 0.15) is 32.1 Å². The van der Waals surface area contributed by atoms with Gasteiger partial charge in [-0.15, -0.1) is 0 Å². The molecule has 0 spiro atoms. The molecule has 2 fully saturated rings. The molecule has 1 heterocycles. The van der Waals surface area contributed by atoms with Gasteiger partial charge in [-0.2, -0.15) is 0 Å². The number of urea groups is 1. The zero-order valence-corrected chi connectivity index (χ0v) is 10.3. The molecule has 2 amide bonds. The molecular formula is C12H22N2O3. The minimum absolute atomic E-state index is 0.0766. The monoisotopic (exact) mass is 242 g/mol. The third-order valence-electron chi connectivity index (χ3n) is 3.65. The van der Waals surface area contributed by atoms with Gasteiger partial charge in [-0.3, -0.25) is 0 Å². The first kappa shape index (κ1) is 12.6. The first-order chi connectivity index (χ1) is 8.20. The van der Waals surface area contributed by atoms with E-state index in [0.717, 1.165) is 25.7 Å². The van der Waals surface area contributed by atoms with E-state index in [1.165, 1.54) is 6.42 Å². The molecule has 98 valence electrons. The molecule has 2 N–H and O–H groups in total. The van der Waals surface area contributed by atoms with Crippen molar-refractivity contribution in [1.82, 2.24) is 10.2 Å². The number of carbonyl (C=O) groups is 1. The molecule has 1 aliphatic carbocycles. The van der Waals surface area contributed by atoms with Crippen molar-refractivity contribution in [3.8, 4) is 0 Å². The molecule has 0 radical (unpaired) electrons. The second-order valence-electron chi connectivity index (χ2n) is 5.04. The van der Waals surface area contributed by atoms with Crippen LogP contribution in [0.5, 0.6) is 0 Å². The highest BCUT2D eigenvalue weighted by Gasteiger charge is 2.30. The van der Waals surface area contributed by atoms with Crippen LogP contribution < -0.4 is 5.32 Å². The molecule has 0 atom stereocenters. The lowest BCUT2D eigenvalue weighted by Crippen LogP contribution is -2.51. The molecule has 1 aliphatic heterocycles. The molecular weight excluding hydrogens is 220 g/mol. The summed E-state index contributed by atoms with van der Waals surface area (Å²) in [6.07, 6.45) is 4.92. The molecule has 2 rings (SSSR count). The van der Waals surface area contributed by atoms with E-state index in [9.17, 15) is 9.90 Å². The number of morpholine rings is 1. The smallest absolute Gasteiger partial charge is 0.317 e. The summed E-state index contributed by atoms with van der Waals surface area (Å²) in [5.74, 6) is 0. The molecule has 0 aromatic heterocycles. The molecule has 5 heteroatoms. The van der Waals surface area contributed by atoms with E-state index in [-0.39, 0.29) is 6.03 Å². The average molecular weight is 242 g/mol. The number of nitrogens with zero attached hydrogens (tertiary/aromatic N) is 1. The summed E-state index contributed by atoms with van der Waals surface area (Å²) in [5.41, 5.74) is -0.680. The van der Waals surface area contributed by atoms with Gasteiger partial charge in [0.25, 0.3) is 0 Å². The zero-order chi connectivity index (χ0) is 12.1. The number of hydrogen-bond acceptors (Lipinski definition) is 3. The van der Waals surface area contributed by atoms with E-state index >= 15 is 0 Å². The highest BCUT2D eigenvalue weighted by molar-refractivity contribution is 5.74. The molecule has 0 bridgehead atoms. The average Bonchev–Trinajstić information content (AvgIpc) is 2.38. The summed E-state index contributed by atoms with van der Waals surface area (Å²) in [6.45, 7) is 2.88. The summed E-state index contributed by atoms with van der Waals surface area (Å²) in [5, 5.41) is 13.1. The van der Waals surface area contributed by atoms with E-state index in [0.29, 0.717) is 32.8 Å². The Bertz CT molecular complexity index is 258. The van der Waals surface area contributed by atoms with Crippen LogP contribution in [-0.4, -0.2) is 54.5 Å². The van der Waals surface area contributed by atoms with Crippen LogP contribution in [0.15, 0.2) is 0 Å². The number of carbonyl (C=O) groups excluding carboxylic acids is 1. The van der Waals surface area contributed by atoms with Gasteiger partial charge in [-0.25, -0.2) is 4.79 Å². The van der Waals surface area contributed by atoms with Crippen LogP contribution in [0.25, 0.3) is 0 Å². The zero-order valence-electron chi connectivity index (χ0n) is 10.3. The van der Waals surface area contributed by atoms with Crippen molar-refractivity contribution in [1.29, 1.82) is 0 Å². The van der Waals surface area contributed by atoms with Crippen LogP contribution in [0.2, 0.25) is 0 Å². The molecule has 0 unspecified atom stereocenters. The Morgan fingerprint density at radius 1 is 1.24 bits per heavy atom. The van der Waals surface area contributed by atoms with Crippen molar-refractivity contribution in [2.75, 3.05) is 32.8 Å². The maximum Gasteiger partial charge on any atom is 0.317 e. The predicted molar refractivity (Wildman–Crippen MR) is 63.8 cm³/mol. The number of ether oxygens (including phenoxy) is 1. The molecule has 1 saturated carbocycles. The van der Waals surface area contributed by atoms with Crippen LogP contribution in [0.4, 0.5) is 4.79 Å². The van der Waals surface area contributed by atoms with Gasteiger partial charge >= 0.3 is 6.03 Å². The van der Waals surface area contributed by atoms with Gasteiger partial charge in [0.15, 0.2) is 0 Å². The maximum absolute atomic E-state index is 11.8. The molecule has 1 saturated heterocycles. The van der Waals surface area contributed by atoms with Gasteiger partial charge in [-0.1, -0.05) is 19.3 Å². The maximum atomic E-state index is 11.8. The Kier molecular flexibility index (Phi) is 4.23. The summed E-state index contributed by atoms with van der Waals surface area (Å²) in [6, 6.07) is -0.0766. The Balaban J connectivity index is 1.74. The second kappa shape index (κ2) is 5.69. The Labute approximate surface area is 102 Å². The lowest BCUT2D eigenvalue weighted by atomic mass is 9.85. The SMILES string of the molecule is O=C(NCC1(O)CCCCC1)N1CCOCC1. The second-order valence-corrected chi connectivity index (χ2v) is 5.04. The van der Waals surface area contributed by atoms with E-state index < -0.39 is 5.60 Å². The number of hydrogen-bond donors (Lipinski definition) is 2. The van der Waals surface area contributed by atoms with E-state index in [1.54, 1.807) is 4.90 Å². The fraction of sp³-hybridized carbons (Fsp3) is 0.917. The summed E-state index contributed by atoms with van der Waals surface area (Å²) < 4.78 is 5.19. The van der Waals surface area contributed by atoms with Crippen molar-refractivity contribution in [2.24, 2.45) is 0 Å². The van der Waals surface area contributed by atoms with Gasteiger partial charge in [-0.05, 0) is 12.8 Å². The highest BCUT2D eigenvalue weighted by Crippen LogP contribution is 2.27. The van der Waals surface area contributed by atoms with Gasteiger partial charge in [0, 0.05) is 19.6 Å². The van der Waals surface area contributed by atoms with Crippen LogP contribution in [-0.2, 0) is 4.74 Å². The van der Waals surface area contributed by atoms with Gasteiger partial charge in [0.1, 0.15) is 0 Å². The van der Waals surface area contributed by atoms with Crippen molar-refractivity contribution in [3.63, 3.8) is 0 Å². The summed E-state index contributed by atoms with van der Waals surface area (Å²) in [4.78, 5) is 13.6. The number of aliphatic hydroxyl groups is 1. The lowest BCUT2D eigenvalue weighted by Gasteiger charge is -2.34. The third kappa shape index (κ3) is 3.57. The van der Waals surface area contributed by atoms with Crippen molar-refractivity contribution >= 4 is 6.03 Å². The Morgan fingerprint density at radius 3 is 2.53 bits per heavy atom. The van der Waals surface area contributed by atoms with Crippen molar-refractivity contribution in [2.45, 2.75) is 37.7 Å². The first-order valence-corrected chi connectivity index (χ1v) is 6.53. The van der Waals surface area contributed by atoms with E-state index in [1.807, 2.05) is 0 Å². The van der Waals surface area contributed by atoms with Gasteiger partial charge in [0.2, 0.25) is 0 Å². The standard InChI is InChI=1S/C12H22N2O3/c15-11(14-6-8-17-9-7-14)13-10-12(16)4-2-1-3-5-12/h16H,1-10H2,(H,13,15). The normalized spacial score (nSPS) is 24.4. The highest BCUT2D eigenvalue weighted by atomic mass is 16.5. The minimum atomic E-state index is -0.680. The van der Waals surface area contributed by atoms with Crippen molar-refractivity contribution in [3.05, 3.63) is 0 Å². The summed E-state index contributed by atoms with van der Waals surface area (Å²) >= 11 is 0. The third-order valence-corrected chi connectivity index (χ3v) is 3.65. The minimum Gasteiger partial charge on any atom is -0.388 e. The number of rotatable bonds is 2. The molecule has 17 heavy (non-hydrogen) atoms.